The van der Waals surface area contributed by atoms with Crippen LogP contribution >= 0.6 is 0 Å². The lowest BCUT2D eigenvalue weighted by Gasteiger charge is -2.27. The normalized spacial score (nSPS) is 11.3. The van der Waals surface area contributed by atoms with Gasteiger partial charge in [0, 0.05) is 75.1 Å². The van der Waals surface area contributed by atoms with Gasteiger partial charge in [-0.2, -0.15) is 0 Å². The molecule has 0 spiro atoms. The maximum atomic E-state index is 5.25. The third-order valence-corrected chi connectivity index (χ3v) is 14.7. The molecule has 11 heteroatoms. The Labute approximate surface area is 455 Å². The van der Waals surface area contributed by atoms with E-state index in [1.165, 1.54) is 89.0 Å². The Bertz CT molecular complexity index is 2670. The summed E-state index contributed by atoms with van der Waals surface area (Å²) >= 11 is 0. The Balaban J connectivity index is 1.14. The second-order valence-electron chi connectivity index (χ2n) is 20.8. The standard InChI is InChI=1S/C65H87N11/c1-15-50-56(51(16-2)59(37-69-63-29-41(8)25-45(12)73-63)54(19-5)58(50)36-68-62-28-40(7)24-44(11)72-62)34-66-32-48-22-21-23-49(76-48)33-67-35-57-52(17-3)60(38-70-64-30-42(9)26-46(13)74-64)55(20-6)61(53(57)18-4)39-71-65-31-43(10)27-47(14)75-65/h21-31,66-67H,15-20,32-39H2,1-14H3,(H,68,72)(H,69,73)(H,70,74)(H,71,75). The minimum atomic E-state index is 0.658. The molecular formula is C65H87N11. The summed E-state index contributed by atoms with van der Waals surface area (Å²) in [4.78, 5) is 24.7. The van der Waals surface area contributed by atoms with E-state index >= 15 is 0 Å². The molecule has 5 heterocycles. The highest BCUT2D eigenvalue weighted by atomic mass is 15.0. The van der Waals surface area contributed by atoms with Crippen molar-refractivity contribution in [3.8, 4) is 0 Å². The van der Waals surface area contributed by atoms with Gasteiger partial charge in [-0.1, -0.05) is 47.6 Å². The summed E-state index contributed by atoms with van der Waals surface area (Å²) in [7, 11) is 0. The first-order valence-electron chi connectivity index (χ1n) is 28.1. The average Bonchev–Trinajstić information content (AvgIpc) is 3.37. The van der Waals surface area contributed by atoms with Gasteiger partial charge in [0.05, 0.1) is 11.4 Å². The highest BCUT2D eigenvalue weighted by molar-refractivity contribution is 5.57. The van der Waals surface area contributed by atoms with E-state index in [0.29, 0.717) is 39.3 Å². The predicted octanol–water partition coefficient (Wildman–Crippen LogP) is 13.5. The molecule has 0 saturated heterocycles. The van der Waals surface area contributed by atoms with Crippen molar-refractivity contribution < 1.29 is 0 Å². The second kappa shape index (κ2) is 26.9. The fourth-order valence-corrected chi connectivity index (χ4v) is 11.8. The maximum Gasteiger partial charge on any atom is 0.126 e. The van der Waals surface area contributed by atoms with E-state index in [9.17, 15) is 0 Å². The van der Waals surface area contributed by atoms with Crippen LogP contribution < -0.4 is 31.9 Å². The van der Waals surface area contributed by atoms with Gasteiger partial charge in [0.15, 0.2) is 0 Å². The molecule has 0 fully saturated rings. The van der Waals surface area contributed by atoms with Crippen molar-refractivity contribution in [2.24, 2.45) is 0 Å². The van der Waals surface area contributed by atoms with Crippen LogP contribution in [-0.4, -0.2) is 24.9 Å². The Morgan fingerprint density at radius 3 is 0.737 bits per heavy atom. The summed E-state index contributed by atoms with van der Waals surface area (Å²) in [5.41, 5.74) is 27.8. The summed E-state index contributed by atoms with van der Waals surface area (Å²) < 4.78 is 0. The molecule has 7 rings (SSSR count). The Hall–Kier alpha value is -6.69. The highest BCUT2D eigenvalue weighted by Crippen LogP contribution is 2.34. The third kappa shape index (κ3) is 14.4. The fraction of sp³-hybridized carbons (Fsp3) is 0.431. The number of aromatic nitrogens is 5. The quantitative estimate of drug-likeness (QED) is 0.0309. The number of pyridine rings is 5. The molecule has 76 heavy (non-hydrogen) atoms. The van der Waals surface area contributed by atoms with Crippen LogP contribution in [0.3, 0.4) is 0 Å². The first-order chi connectivity index (χ1) is 36.6. The Morgan fingerprint density at radius 2 is 0.513 bits per heavy atom. The Kier molecular flexibility index (Phi) is 20.2. The summed E-state index contributed by atoms with van der Waals surface area (Å²) in [5, 5.41) is 22.8. The van der Waals surface area contributed by atoms with Gasteiger partial charge < -0.3 is 31.9 Å². The van der Waals surface area contributed by atoms with Crippen LogP contribution in [0.1, 0.15) is 165 Å². The van der Waals surface area contributed by atoms with Crippen molar-refractivity contribution in [2.45, 2.75) is 188 Å². The molecule has 2 aromatic carbocycles. The maximum absolute atomic E-state index is 5.25. The summed E-state index contributed by atoms with van der Waals surface area (Å²) in [5.74, 6) is 3.66. The third-order valence-electron chi connectivity index (χ3n) is 14.7. The van der Waals surface area contributed by atoms with E-state index in [2.05, 4.69) is 196 Å². The number of nitrogens with one attached hydrogen (secondary N) is 6. The monoisotopic (exact) mass is 1020 g/mol. The molecule has 0 aliphatic heterocycles. The number of anilines is 4. The summed E-state index contributed by atoms with van der Waals surface area (Å²) in [6, 6.07) is 23.6. The molecular weight excluding hydrogens is 935 g/mol. The average molecular weight is 1020 g/mol. The molecule has 402 valence electrons. The van der Waals surface area contributed by atoms with Gasteiger partial charge in [-0.15, -0.1) is 0 Å². The van der Waals surface area contributed by atoms with Gasteiger partial charge in [0.25, 0.3) is 0 Å². The van der Waals surface area contributed by atoms with Crippen molar-refractivity contribution in [3.63, 3.8) is 0 Å². The van der Waals surface area contributed by atoms with Crippen LogP contribution in [0.25, 0.3) is 0 Å². The first-order valence-corrected chi connectivity index (χ1v) is 28.1. The minimum absolute atomic E-state index is 0.658. The van der Waals surface area contributed by atoms with Crippen LogP contribution in [0.2, 0.25) is 0 Å². The predicted molar refractivity (Wildman–Crippen MR) is 319 cm³/mol. The van der Waals surface area contributed by atoms with Crippen molar-refractivity contribution in [2.75, 3.05) is 21.3 Å². The zero-order valence-corrected chi connectivity index (χ0v) is 48.5. The molecule has 0 unspecified atom stereocenters. The lowest BCUT2D eigenvalue weighted by molar-refractivity contribution is 0.644. The summed E-state index contributed by atoms with van der Waals surface area (Å²) in [6.07, 6.45) is 5.61. The molecule has 0 bridgehead atoms. The molecule has 7 aromatic rings. The number of benzene rings is 2. The number of aryl methyl sites for hydroxylation is 8. The van der Waals surface area contributed by atoms with Crippen molar-refractivity contribution in [3.05, 3.63) is 190 Å². The number of hydrogen-bond donors (Lipinski definition) is 6. The van der Waals surface area contributed by atoms with Gasteiger partial charge >= 0.3 is 0 Å². The number of nitrogens with zero attached hydrogens (tertiary/aromatic N) is 5. The SMILES string of the molecule is CCc1c(CNCc2cccc(CNCc3c(CC)c(CNc4cc(C)cc(C)n4)c(CC)c(CNc4cc(C)cc(C)n4)c3CC)n2)c(CC)c(CNc2cc(C)cc(C)n2)c(CC)c1CNc1cc(C)cc(C)n1. The molecule has 0 aliphatic carbocycles. The molecule has 0 amide bonds. The van der Waals surface area contributed by atoms with Crippen LogP contribution in [0.15, 0.2) is 66.7 Å². The van der Waals surface area contributed by atoms with E-state index in [4.69, 9.17) is 24.9 Å². The lowest BCUT2D eigenvalue weighted by atomic mass is 9.83. The van der Waals surface area contributed by atoms with Crippen molar-refractivity contribution >= 4 is 23.3 Å². The first kappa shape index (κ1) is 57.0. The fourth-order valence-electron chi connectivity index (χ4n) is 11.8. The molecule has 0 radical (unpaired) electrons. The number of rotatable bonds is 26. The van der Waals surface area contributed by atoms with E-state index in [0.717, 1.165) is 109 Å². The molecule has 0 atom stereocenters. The lowest BCUT2D eigenvalue weighted by Crippen LogP contribution is -2.23. The van der Waals surface area contributed by atoms with E-state index in [1.54, 1.807) is 0 Å². The summed E-state index contributed by atoms with van der Waals surface area (Å²) in [6.45, 7) is 36.3. The van der Waals surface area contributed by atoms with Gasteiger partial charge in [0.1, 0.15) is 23.3 Å². The highest BCUT2D eigenvalue weighted by Gasteiger charge is 2.24. The molecule has 0 aliphatic rings. The van der Waals surface area contributed by atoms with E-state index in [-0.39, 0.29) is 0 Å². The second-order valence-corrected chi connectivity index (χ2v) is 20.8. The van der Waals surface area contributed by atoms with Gasteiger partial charge in [-0.25, -0.2) is 19.9 Å². The van der Waals surface area contributed by atoms with Crippen molar-refractivity contribution in [1.29, 1.82) is 0 Å². The molecule has 6 N–H and O–H groups in total. The molecule has 11 nitrogen and oxygen atoms in total. The molecule has 5 aromatic heterocycles. The zero-order chi connectivity index (χ0) is 54.5. The van der Waals surface area contributed by atoms with Crippen LogP contribution in [-0.2, 0) is 90.9 Å². The van der Waals surface area contributed by atoms with Crippen LogP contribution in [0.5, 0.6) is 0 Å². The largest absolute Gasteiger partial charge is 0.366 e. The van der Waals surface area contributed by atoms with Gasteiger partial charge in [-0.05, 0) is 244 Å². The number of hydrogen-bond acceptors (Lipinski definition) is 11. The van der Waals surface area contributed by atoms with Crippen LogP contribution in [0.4, 0.5) is 23.3 Å². The Morgan fingerprint density at radius 1 is 0.276 bits per heavy atom. The zero-order valence-electron chi connectivity index (χ0n) is 48.5. The minimum Gasteiger partial charge on any atom is -0.366 e. The smallest absolute Gasteiger partial charge is 0.126 e. The van der Waals surface area contributed by atoms with Crippen LogP contribution in [0, 0.1) is 55.4 Å². The van der Waals surface area contributed by atoms with Gasteiger partial charge in [0.2, 0.25) is 0 Å². The van der Waals surface area contributed by atoms with Gasteiger partial charge in [-0.3, -0.25) is 4.98 Å². The molecule has 0 saturated carbocycles. The van der Waals surface area contributed by atoms with Crippen molar-refractivity contribution in [1.82, 2.24) is 35.6 Å². The topological polar surface area (TPSA) is 137 Å². The van der Waals surface area contributed by atoms with E-state index in [1.807, 2.05) is 0 Å². The van der Waals surface area contributed by atoms with E-state index < -0.39 is 0 Å².